The highest BCUT2D eigenvalue weighted by atomic mass is 28.3. The van der Waals surface area contributed by atoms with Gasteiger partial charge in [-0.3, -0.25) is 0 Å². The molecule has 53 heavy (non-hydrogen) atoms. The van der Waals surface area contributed by atoms with Crippen LogP contribution in [0.15, 0.2) is 104 Å². The standard InChI is InChI=1S/C12H16O3.2C9H10O2.C7H20OSi2.2C3H8/c1-2-8-14-9-11(13)10-15-12-6-4-3-5-7-12;2*1-2-4-8(5-3-1)10-6-9-7-11-9;1-7(2,9(3)4)8-10(5)6;2*1-3-2/h2-7,11,13H,1,8-10H2;2*1-5,9H,6-7H2;9-10H,1-6H3;2*3H2,1-2H3. The molecule has 2 saturated heterocycles. The summed E-state index contributed by atoms with van der Waals surface area (Å²) in [4.78, 5) is 0. The summed E-state index contributed by atoms with van der Waals surface area (Å²) in [6.07, 6.45) is 4.22. The zero-order valence-corrected chi connectivity index (χ0v) is 36.8. The lowest BCUT2D eigenvalue weighted by Crippen LogP contribution is -2.41. The second-order valence-electron chi connectivity index (χ2n) is 13.6. The third kappa shape index (κ3) is 32.2. The predicted molar refractivity (Wildman–Crippen MR) is 227 cm³/mol. The Balaban J connectivity index is 0.000000653. The summed E-state index contributed by atoms with van der Waals surface area (Å²) in [6.45, 7) is 29.7. The van der Waals surface area contributed by atoms with Crippen LogP contribution in [0.4, 0.5) is 0 Å². The third-order valence-corrected chi connectivity index (χ3v) is 11.1. The molecule has 8 nitrogen and oxygen atoms in total. The quantitative estimate of drug-likeness (QED) is 0.0668. The number of aliphatic hydroxyl groups is 1. The van der Waals surface area contributed by atoms with E-state index in [0.717, 1.165) is 30.5 Å². The fraction of sp³-hybridized carbons (Fsp3) is 0.535. The average Bonchev–Trinajstić information content (AvgIpc) is 4.08. The minimum atomic E-state index is -0.817. The highest BCUT2D eigenvalue weighted by Gasteiger charge is 2.25. The van der Waals surface area contributed by atoms with E-state index in [2.05, 4.69) is 74.3 Å². The van der Waals surface area contributed by atoms with Crippen LogP contribution in [0.3, 0.4) is 0 Å². The van der Waals surface area contributed by atoms with Gasteiger partial charge in [0.05, 0.1) is 35.2 Å². The molecule has 0 aliphatic carbocycles. The fourth-order valence-corrected chi connectivity index (χ4v) is 6.65. The first-order chi connectivity index (χ1) is 25.4. The smallest absolute Gasteiger partial charge is 0.171 e. The number of epoxide rings is 2. The zero-order valence-electron chi connectivity index (χ0n) is 34.5. The number of benzene rings is 3. The number of rotatable bonds is 16. The molecule has 300 valence electrons. The van der Waals surface area contributed by atoms with Crippen molar-refractivity contribution in [3.63, 3.8) is 0 Å². The largest absolute Gasteiger partial charge is 0.491 e. The van der Waals surface area contributed by atoms with Crippen molar-refractivity contribution in [2.45, 2.75) is 104 Å². The van der Waals surface area contributed by atoms with Gasteiger partial charge in [0.1, 0.15) is 55.4 Å². The van der Waals surface area contributed by atoms with E-state index < -0.39 is 23.9 Å². The van der Waals surface area contributed by atoms with E-state index >= 15 is 0 Å². The van der Waals surface area contributed by atoms with Crippen LogP contribution in [0.2, 0.25) is 26.2 Å². The summed E-state index contributed by atoms with van der Waals surface area (Å²) in [5, 5.41) is 9.68. The molecule has 0 spiro atoms. The van der Waals surface area contributed by atoms with Gasteiger partial charge in [0, 0.05) is 5.22 Å². The van der Waals surface area contributed by atoms with E-state index in [0.29, 0.717) is 32.0 Å². The molecule has 2 aliphatic heterocycles. The Kier molecular flexibility index (Phi) is 30.6. The maximum atomic E-state index is 9.45. The van der Waals surface area contributed by atoms with Gasteiger partial charge in [0.25, 0.3) is 0 Å². The molecule has 0 radical (unpaired) electrons. The van der Waals surface area contributed by atoms with Crippen molar-refractivity contribution in [3.8, 4) is 17.2 Å². The number of hydrogen-bond donors (Lipinski definition) is 1. The van der Waals surface area contributed by atoms with Gasteiger partial charge in [-0.2, -0.15) is 0 Å². The zero-order chi connectivity index (χ0) is 39.7. The Labute approximate surface area is 326 Å². The monoisotopic (exact) mass is 772 g/mol. The van der Waals surface area contributed by atoms with Gasteiger partial charge in [-0.1, -0.05) is 114 Å². The molecule has 3 aromatic rings. The Morgan fingerprint density at radius 1 is 0.698 bits per heavy atom. The summed E-state index contributed by atoms with van der Waals surface area (Å²) in [6, 6.07) is 29.0. The van der Waals surface area contributed by atoms with Crippen molar-refractivity contribution in [1.29, 1.82) is 0 Å². The van der Waals surface area contributed by atoms with Crippen LogP contribution in [-0.2, 0) is 18.6 Å². The summed E-state index contributed by atoms with van der Waals surface area (Å²) in [7, 11) is -1.44. The summed E-state index contributed by atoms with van der Waals surface area (Å²) >= 11 is 0. The molecule has 0 saturated carbocycles. The number of hydrogen-bond acceptors (Lipinski definition) is 8. The van der Waals surface area contributed by atoms with Gasteiger partial charge in [-0.25, -0.2) is 0 Å². The van der Waals surface area contributed by atoms with Crippen LogP contribution >= 0.6 is 0 Å². The van der Waals surface area contributed by atoms with Crippen molar-refractivity contribution in [3.05, 3.63) is 104 Å². The first-order valence-corrected chi connectivity index (χ1v) is 24.9. The predicted octanol–water partition coefficient (Wildman–Crippen LogP) is 9.18. The van der Waals surface area contributed by atoms with Gasteiger partial charge in [-0.05, 0) is 63.3 Å². The highest BCUT2D eigenvalue weighted by Crippen LogP contribution is 2.16. The van der Waals surface area contributed by atoms with Crippen molar-refractivity contribution < 1.29 is 38.0 Å². The van der Waals surface area contributed by atoms with Crippen LogP contribution in [0, 0.1) is 0 Å². The molecule has 3 atom stereocenters. The lowest BCUT2D eigenvalue weighted by Gasteiger charge is -2.31. The van der Waals surface area contributed by atoms with E-state index in [1.165, 1.54) is 12.8 Å². The second kappa shape index (κ2) is 32.5. The molecule has 3 aromatic carbocycles. The van der Waals surface area contributed by atoms with E-state index in [-0.39, 0.29) is 18.4 Å². The molecule has 10 heteroatoms. The molecule has 0 bridgehead atoms. The number of ether oxygens (including phenoxy) is 6. The van der Waals surface area contributed by atoms with Gasteiger partial charge < -0.3 is 38.0 Å². The minimum absolute atomic E-state index is 0.223. The van der Waals surface area contributed by atoms with Crippen LogP contribution in [-0.4, -0.2) is 92.7 Å². The summed E-state index contributed by atoms with van der Waals surface area (Å²) in [5.74, 6) is 2.59. The van der Waals surface area contributed by atoms with Gasteiger partial charge in [0.2, 0.25) is 0 Å². The van der Waals surface area contributed by atoms with E-state index in [1.54, 1.807) is 6.08 Å². The topological polar surface area (TPSA) is 91.4 Å². The van der Waals surface area contributed by atoms with E-state index in [1.807, 2.05) is 91.0 Å². The van der Waals surface area contributed by atoms with Crippen LogP contribution < -0.4 is 14.2 Å². The van der Waals surface area contributed by atoms with Crippen molar-refractivity contribution in [1.82, 2.24) is 0 Å². The van der Waals surface area contributed by atoms with Crippen molar-refractivity contribution in [2.75, 3.05) is 46.2 Å². The summed E-state index contributed by atoms with van der Waals surface area (Å²) < 4.78 is 37.1. The maximum Gasteiger partial charge on any atom is 0.171 e. The SMILES string of the molecule is C=CCOCC(O)COc1ccccc1.CCC.CCC.C[SiH](C)OC(C)(C)[SiH](C)C.c1ccc(OCC2CO2)cc1.c1ccc(OCC2CO2)cc1. The molecule has 0 amide bonds. The van der Waals surface area contributed by atoms with Gasteiger partial charge in [0.15, 0.2) is 9.04 Å². The van der Waals surface area contributed by atoms with Gasteiger partial charge in [-0.15, -0.1) is 6.58 Å². The normalized spacial score (nSPS) is 15.4. The third-order valence-electron chi connectivity index (χ3n) is 6.82. The Bertz CT molecular complexity index is 1160. The molecule has 3 unspecified atom stereocenters. The van der Waals surface area contributed by atoms with E-state index in [9.17, 15) is 5.11 Å². The van der Waals surface area contributed by atoms with Crippen molar-refractivity contribution >= 4 is 17.8 Å². The average molecular weight is 773 g/mol. The molecule has 2 fully saturated rings. The van der Waals surface area contributed by atoms with Crippen molar-refractivity contribution in [2.24, 2.45) is 0 Å². The highest BCUT2D eigenvalue weighted by molar-refractivity contribution is 6.60. The lowest BCUT2D eigenvalue weighted by atomic mass is 10.3. The molecule has 2 heterocycles. The first kappa shape index (κ1) is 50.0. The maximum absolute atomic E-state index is 9.45. The fourth-order valence-electron chi connectivity index (χ4n) is 3.53. The Hall–Kier alpha value is -2.97. The number of para-hydroxylation sites is 3. The molecule has 1 N–H and O–H groups in total. The molecule has 5 rings (SSSR count). The Morgan fingerprint density at radius 3 is 1.34 bits per heavy atom. The van der Waals surface area contributed by atoms with E-state index in [4.69, 9.17) is 32.8 Å². The van der Waals surface area contributed by atoms with Crippen LogP contribution in [0.5, 0.6) is 17.2 Å². The second-order valence-corrected chi connectivity index (χ2v) is 19.6. The molecule has 0 aromatic heterocycles. The molecular weight excluding hydrogens is 701 g/mol. The van der Waals surface area contributed by atoms with Crippen LogP contribution in [0.1, 0.15) is 54.4 Å². The number of aliphatic hydroxyl groups excluding tert-OH is 1. The summed E-state index contributed by atoms with van der Waals surface area (Å²) in [5.41, 5.74) is 0. The Morgan fingerprint density at radius 2 is 1.06 bits per heavy atom. The first-order valence-electron chi connectivity index (χ1n) is 19.2. The lowest BCUT2D eigenvalue weighted by molar-refractivity contribution is 0.0214. The van der Waals surface area contributed by atoms with Crippen LogP contribution in [0.25, 0.3) is 0 Å². The van der Waals surface area contributed by atoms with Gasteiger partial charge >= 0.3 is 0 Å². The molecular formula is C43H72O8Si2. The molecule has 2 aliphatic rings. The minimum Gasteiger partial charge on any atom is -0.491 e.